The topological polar surface area (TPSA) is 63.9 Å². The lowest BCUT2D eigenvalue weighted by Crippen LogP contribution is -1.94. The normalized spacial score (nSPS) is 10.4. The molecule has 0 aliphatic carbocycles. The van der Waals surface area contributed by atoms with Crippen molar-refractivity contribution in [3.05, 3.63) is 30.0 Å². The van der Waals surface area contributed by atoms with Crippen LogP contribution in [0.2, 0.25) is 0 Å². The van der Waals surface area contributed by atoms with E-state index in [0.29, 0.717) is 5.69 Å². The minimum atomic E-state index is -0.736. The van der Waals surface area contributed by atoms with Gasteiger partial charge < -0.3 is 15.5 Å². The maximum absolute atomic E-state index is 13.6. The van der Waals surface area contributed by atoms with Crippen LogP contribution in [-0.2, 0) is 0 Å². The van der Waals surface area contributed by atoms with Crippen LogP contribution in [-0.4, -0.2) is 17.1 Å². The number of imidazole rings is 1. The molecule has 0 saturated heterocycles. The molecule has 84 valence electrons. The summed E-state index contributed by atoms with van der Waals surface area (Å²) in [5.74, 6) is -1.20. The Hall–Kier alpha value is -2.11. The molecule has 16 heavy (non-hydrogen) atoms. The highest BCUT2D eigenvalue weighted by atomic mass is 19.1. The lowest BCUT2D eigenvalue weighted by atomic mass is 10.1. The molecule has 0 radical (unpaired) electrons. The van der Waals surface area contributed by atoms with Gasteiger partial charge in [-0.1, -0.05) is 0 Å². The first-order valence-corrected chi connectivity index (χ1v) is 4.45. The highest BCUT2D eigenvalue weighted by Crippen LogP contribution is 2.32. The number of aromatic amines is 1. The fourth-order valence-corrected chi connectivity index (χ4v) is 1.44. The number of benzene rings is 1. The summed E-state index contributed by atoms with van der Waals surface area (Å²) in [6.45, 7) is 0. The van der Waals surface area contributed by atoms with E-state index in [1.165, 1.54) is 13.3 Å². The number of nitrogen functional groups attached to an aromatic ring is 1. The molecule has 2 aromatic rings. The number of aromatic nitrogens is 2. The Morgan fingerprint density at radius 3 is 2.69 bits per heavy atom. The number of methoxy groups -OCH3 is 1. The molecule has 0 atom stereocenters. The van der Waals surface area contributed by atoms with Crippen LogP contribution in [0.4, 0.5) is 14.7 Å². The summed E-state index contributed by atoms with van der Waals surface area (Å²) in [6.07, 6.45) is 1.36. The van der Waals surface area contributed by atoms with Crippen LogP contribution in [0.1, 0.15) is 0 Å². The summed E-state index contributed by atoms with van der Waals surface area (Å²) in [5.41, 5.74) is 5.83. The van der Waals surface area contributed by atoms with E-state index >= 15 is 0 Å². The predicted molar refractivity (Wildman–Crippen MR) is 54.9 cm³/mol. The minimum Gasteiger partial charge on any atom is -0.496 e. The molecule has 0 bridgehead atoms. The molecule has 2 rings (SSSR count). The summed E-state index contributed by atoms with van der Waals surface area (Å²) < 4.78 is 31.4. The Morgan fingerprint density at radius 2 is 2.12 bits per heavy atom. The first-order valence-electron chi connectivity index (χ1n) is 4.45. The van der Waals surface area contributed by atoms with Gasteiger partial charge in [-0.25, -0.2) is 13.8 Å². The third kappa shape index (κ3) is 1.69. The van der Waals surface area contributed by atoms with Crippen molar-refractivity contribution in [2.75, 3.05) is 12.8 Å². The standard InChI is InChI=1S/C10H9F2N3O/c1-16-8-3-5(11)2-6(12)9(8)7-4-14-10(13)15-7/h2-4H,1H3,(H3,13,14,15). The first kappa shape index (κ1) is 10.4. The zero-order chi connectivity index (χ0) is 11.7. The fraction of sp³-hybridized carbons (Fsp3) is 0.100. The molecule has 0 aliphatic heterocycles. The van der Waals surface area contributed by atoms with E-state index in [2.05, 4.69) is 9.97 Å². The Morgan fingerprint density at radius 1 is 1.38 bits per heavy atom. The second kappa shape index (κ2) is 3.80. The maximum Gasteiger partial charge on any atom is 0.197 e. The number of nitrogens with zero attached hydrogens (tertiary/aromatic N) is 1. The number of anilines is 1. The largest absolute Gasteiger partial charge is 0.496 e. The smallest absolute Gasteiger partial charge is 0.197 e. The second-order valence-corrected chi connectivity index (χ2v) is 3.15. The van der Waals surface area contributed by atoms with Crippen molar-refractivity contribution in [2.45, 2.75) is 0 Å². The summed E-state index contributed by atoms with van der Waals surface area (Å²) in [4.78, 5) is 6.39. The molecular formula is C10H9F2N3O. The number of ether oxygens (including phenoxy) is 1. The van der Waals surface area contributed by atoms with E-state index < -0.39 is 11.6 Å². The molecule has 0 unspecified atom stereocenters. The Bertz CT molecular complexity index is 525. The average molecular weight is 225 g/mol. The lowest BCUT2D eigenvalue weighted by molar-refractivity contribution is 0.409. The van der Waals surface area contributed by atoms with Crippen LogP contribution >= 0.6 is 0 Å². The zero-order valence-corrected chi connectivity index (χ0v) is 8.42. The molecule has 0 aliphatic rings. The quantitative estimate of drug-likeness (QED) is 0.820. The van der Waals surface area contributed by atoms with Crippen molar-refractivity contribution < 1.29 is 13.5 Å². The van der Waals surface area contributed by atoms with Gasteiger partial charge >= 0.3 is 0 Å². The molecule has 3 N–H and O–H groups in total. The van der Waals surface area contributed by atoms with E-state index in [1.807, 2.05) is 0 Å². The highest BCUT2D eigenvalue weighted by molar-refractivity contribution is 5.68. The van der Waals surface area contributed by atoms with Crippen LogP contribution < -0.4 is 10.5 Å². The van der Waals surface area contributed by atoms with E-state index in [9.17, 15) is 8.78 Å². The van der Waals surface area contributed by atoms with Gasteiger partial charge in [0.1, 0.15) is 17.4 Å². The number of halogens is 2. The third-order valence-corrected chi connectivity index (χ3v) is 2.10. The van der Waals surface area contributed by atoms with Crippen molar-refractivity contribution in [3.63, 3.8) is 0 Å². The van der Waals surface area contributed by atoms with Gasteiger partial charge in [-0.2, -0.15) is 0 Å². The Balaban J connectivity index is 2.63. The summed E-state index contributed by atoms with van der Waals surface area (Å²) in [5, 5.41) is 0. The second-order valence-electron chi connectivity index (χ2n) is 3.15. The average Bonchev–Trinajstić information content (AvgIpc) is 2.63. The monoisotopic (exact) mass is 225 g/mol. The fourth-order valence-electron chi connectivity index (χ4n) is 1.44. The lowest BCUT2D eigenvalue weighted by Gasteiger charge is -2.07. The Labute approximate surface area is 90.1 Å². The summed E-state index contributed by atoms with van der Waals surface area (Å²) >= 11 is 0. The molecule has 1 heterocycles. The first-order chi connectivity index (χ1) is 7.61. The van der Waals surface area contributed by atoms with Crippen LogP contribution in [0.25, 0.3) is 11.3 Å². The van der Waals surface area contributed by atoms with Crippen molar-refractivity contribution in [1.29, 1.82) is 0 Å². The van der Waals surface area contributed by atoms with Gasteiger partial charge in [0, 0.05) is 12.1 Å². The van der Waals surface area contributed by atoms with Crippen molar-refractivity contribution in [2.24, 2.45) is 0 Å². The van der Waals surface area contributed by atoms with Gasteiger partial charge in [0.25, 0.3) is 0 Å². The predicted octanol–water partition coefficient (Wildman–Crippen LogP) is 1.95. The molecule has 6 heteroatoms. The van der Waals surface area contributed by atoms with Gasteiger partial charge in [-0.05, 0) is 0 Å². The Kier molecular flexibility index (Phi) is 2.47. The number of H-pyrrole nitrogens is 1. The van der Waals surface area contributed by atoms with Crippen LogP contribution in [0.5, 0.6) is 5.75 Å². The van der Waals surface area contributed by atoms with Crippen molar-refractivity contribution in [1.82, 2.24) is 9.97 Å². The highest BCUT2D eigenvalue weighted by Gasteiger charge is 2.15. The van der Waals surface area contributed by atoms with E-state index in [-0.39, 0.29) is 17.3 Å². The van der Waals surface area contributed by atoms with Gasteiger partial charge in [-0.3, -0.25) is 0 Å². The zero-order valence-electron chi connectivity index (χ0n) is 8.42. The number of hydrogen-bond donors (Lipinski definition) is 2. The van der Waals surface area contributed by atoms with Gasteiger partial charge in [0.15, 0.2) is 5.95 Å². The number of nitrogens with one attached hydrogen (secondary N) is 1. The molecular weight excluding hydrogens is 216 g/mol. The molecule has 4 nitrogen and oxygen atoms in total. The van der Waals surface area contributed by atoms with Gasteiger partial charge in [-0.15, -0.1) is 0 Å². The van der Waals surface area contributed by atoms with Gasteiger partial charge in [0.05, 0.1) is 24.6 Å². The van der Waals surface area contributed by atoms with Gasteiger partial charge in [0.2, 0.25) is 0 Å². The van der Waals surface area contributed by atoms with Crippen molar-refractivity contribution in [3.8, 4) is 17.0 Å². The van der Waals surface area contributed by atoms with E-state index in [1.54, 1.807) is 0 Å². The van der Waals surface area contributed by atoms with E-state index in [0.717, 1.165) is 12.1 Å². The molecule has 0 saturated carbocycles. The van der Waals surface area contributed by atoms with Crippen LogP contribution in [0.15, 0.2) is 18.3 Å². The van der Waals surface area contributed by atoms with Crippen LogP contribution in [0.3, 0.4) is 0 Å². The maximum atomic E-state index is 13.6. The number of nitrogens with two attached hydrogens (primary N) is 1. The minimum absolute atomic E-state index is 0.0844. The number of hydrogen-bond acceptors (Lipinski definition) is 3. The van der Waals surface area contributed by atoms with Crippen molar-refractivity contribution >= 4 is 5.95 Å². The van der Waals surface area contributed by atoms with E-state index in [4.69, 9.17) is 10.5 Å². The SMILES string of the molecule is COc1cc(F)cc(F)c1-c1cnc(N)[nH]1. The molecule has 0 fully saturated rings. The number of rotatable bonds is 2. The molecule has 1 aromatic heterocycles. The third-order valence-electron chi connectivity index (χ3n) is 2.10. The molecule has 1 aromatic carbocycles. The van der Waals surface area contributed by atoms with Crippen LogP contribution in [0, 0.1) is 11.6 Å². The summed E-state index contributed by atoms with van der Waals surface area (Å²) in [7, 11) is 1.33. The molecule has 0 amide bonds. The summed E-state index contributed by atoms with van der Waals surface area (Å²) in [6, 6.07) is 1.87. The molecule has 0 spiro atoms.